The van der Waals surface area contributed by atoms with Gasteiger partial charge in [-0.15, -0.1) is 5.10 Å². The van der Waals surface area contributed by atoms with Gasteiger partial charge in [-0.25, -0.2) is 0 Å². The Bertz CT molecular complexity index is 771. The fourth-order valence-electron chi connectivity index (χ4n) is 2.00. The van der Waals surface area contributed by atoms with E-state index in [0.29, 0.717) is 5.52 Å². The Morgan fingerprint density at radius 2 is 1.83 bits per heavy atom. The Labute approximate surface area is 103 Å². The van der Waals surface area contributed by atoms with Crippen LogP contribution in [0.3, 0.4) is 0 Å². The Hall–Kier alpha value is -2.43. The van der Waals surface area contributed by atoms with E-state index >= 15 is 0 Å². The third-order valence-electron chi connectivity index (χ3n) is 3.09. The number of nitrogens with zero attached hydrogens (tertiary/aromatic N) is 3. The lowest BCUT2D eigenvalue weighted by Gasteiger charge is -2.06. The minimum atomic E-state index is -0.218. The van der Waals surface area contributed by atoms with Gasteiger partial charge in [0.05, 0.1) is 11.4 Å². The van der Waals surface area contributed by atoms with Gasteiger partial charge in [0.25, 0.3) is 5.56 Å². The monoisotopic (exact) mass is 240 g/mol. The van der Waals surface area contributed by atoms with Crippen molar-refractivity contribution in [1.29, 1.82) is 0 Å². The molecule has 18 heavy (non-hydrogen) atoms. The van der Waals surface area contributed by atoms with Crippen LogP contribution in [-0.2, 0) is 0 Å². The van der Waals surface area contributed by atoms with Crippen LogP contribution in [-0.4, -0.2) is 20.0 Å². The van der Waals surface area contributed by atoms with Gasteiger partial charge >= 0.3 is 0 Å². The molecule has 2 heterocycles. The first-order valence-electron chi connectivity index (χ1n) is 5.68. The Kier molecular flexibility index (Phi) is 2.26. The van der Waals surface area contributed by atoms with E-state index < -0.39 is 0 Å². The first-order chi connectivity index (χ1) is 8.68. The van der Waals surface area contributed by atoms with Crippen molar-refractivity contribution in [2.24, 2.45) is 0 Å². The number of aromatic amines is 1. The maximum atomic E-state index is 11.9. The van der Waals surface area contributed by atoms with Crippen LogP contribution in [0.4, 0.5) is 0 Å². The van der Waals surface area contributed by atoms with E-state index in [0.717, 1.165) is 22.5 Å². The maximum Gasteiger partial charge on any atom is 0.292 e. The molecule has 5 nitrogen and oxygen atoms in total. The highest BCUT2D eigenvalue weighted by molar-refractivity contribution is 5.79. The summed E-state index contributed by atoms with van der Waals surface area (Å²) in [5.74, 6) is 0. The molecule has 0 spiro atoms. The number of hydrogen-bond acceptors (Lipinski definition) is 3. The number of rotatable bonds is 1. The van der Waals surface area contributed by atoms with Crippen molar-refractivity contribution in [3.8, 4) is 5.69 Å². The van der Waals surface area contributed by atoms with Crippen molar-refractivity contribution in [1.82, 2.24) is 20.0 Å². The van der Waals surface area contributed by atoms with Crippen LogP contribution in [0.5, 0.6) is 0 Å². The zero-order chi connectivity index (χ0) is 12.7. The molecule has 0 aliphatic carbocycles. The lowest BCUT2D eigenvalue weighted by atomic mass is 10.2. The normalized spacial score (nSPS) is 11.0. The number of nitrogens with one attached hydrogen (secondary N) is 1. The maximum absolute atomic E-state index is 11.9. The summed E-state index contributed by atoms with van der Waals surface area (Å²) in [5, 5.41) is 10.8. The molecule has 0 atom stereocenters. The van der Waals surface area contributed by atoms with Crippen LogP contribution >= 0.6 is 0 Å². The molecular weight excluding hydrogens is 228 g/mol. The molecule has 3 aromatic rings. The van der Waals surface area contributed by atoms with Crippen LogP contribution in [0.1, 0.15) is 11.3 Å². The molecule has 0 saturated heterocycles. The molecule has 3 rings (SSSR count). The third-order valence-corrected chi connectivity index (χ3v) is 3.09. The highest BCUT2D eigenvalue weighted by Gasteiger charge is 2.13. The summed E-state index contributed by atoms with van der Waals surface area (Å²) in [6.07, 6.45) is 0. The highest BCUT2D eigenvalue weighted by Crippen LogP contribution is 2.18. The van der Waals surface area contributed by atoms with Crippen LogP contribution in [0.25, 0.3) is 16.7 Å². The van der Waals surface area contributed by atoms with E-state index in [1.54, 1.807) is 4.68 Å². The van der Waals surface area contributed by atoms with Gasteiger partial charge < -0.3 is 0 Å². The molecule has 0 aliphatic rings. The number of H-pyrrole nitrogens is 1. The number of fused-ring (bicyclic) bond motifs is 1. The van der Waals surface area contributed by atoms with Gasteiger partial charge in [-0.2, -0.15) is 5.10 Å². The topological polar surface area (TPSA) is 63.6 Å². The van der Waals surface area contributed by atoms with E-state index in [1.165, 1.54) is 0 Å². The molecular formula is C13H12N4O. The summed E-state index contributed by atoms with van der Waals surface area (Å²) < 4.78 is 1.76. The quantitative estimate of drug-likeness (QED) is 0.704. The van der Waals surface area contributed by atoms with Crippen molar-refractivity contribution in [2.75, 3.05) is 0 Å². The summed E-state index contributed by atoms with van der Waals surface area (Å²) in [6.45, 7) is 3.83. The highest BCUT2D eigenvalue weighted by atomic mass is 16.1. The largest absolute Gasteiger partial charge is 0.292 e. The van der Waals surface area contributed by atoms with Gasteiger partial charge in [-0.1, -0.05) is 18.2 Å². The second kappa shape index (κ2) is 3.80. The standard InChI is InChI=1S/C13H12N4O/c1-8-9(2)14-15-11-12(8)17(16-13(11)18)10-6-4-3-5-7-10/h3-7H,1-2H3,(H,16,18). The molecule has 0 radical (unpaired) electrons. The van der Waals surface area contributed by atoms with E-state index in [9.17, 15) is 4.79 Å². The smallest absolute Gasteiger partial charge is 0.265 e. The molecule has 0 amide bonds. The second-order valence-electron chi connectivity index (χ2n) is 4.22. The molecule has 0 unspecified atom stereocenters. The summed E-state index contributed by atoms with van der Waals surface area (Å²) >= 11 is 0. The molecule has 90 valence electrons. The number of aryl methyl sites for hydroxylation is 2. The van der Waals surface area contributed by atoms with Crippen molar-refractivity contribution in [3.63, 3.8) is 0 Å². The lowest BCUT2D eigenvalue weighted by Crippen LogP contribution is -2.04. The van der Waals surface area contributed by atoms with Crippen LogP contribution in [0, 0.1) is 13.8 Å². The van der Waals surface area contributed by atoms with Gasteiger partial charge in [-0.3, -0.25) is 14.6 Å². The summed E-state index contributed by atoms with van der Waals surface area (Å²) in [6, 6.07) is 9.66. The van der Waals surface area contributed by atoms with Gasteiger partial charge in [0.2, 0.25) is 0 Å². The minimum absolute atomic E-state index is 0.218. The molecule has 1 N–H and O–H groups in total. The summed E-state index contributed by atoms with van der Waals surface area (Å²) in [4.78, 5) is 11.9. The van der Waals surface area contributed by atoms with Gasteiger partial charge in [0.15, 0.2) is 5.52 Å². The Morgan fingerprint density at radius 1 is 1.11 bits per heavy atom. The Balaban J connectivity index is 2.44. The number of hydrogen-bond donors (Lipinski definition) is 1. The predicted octanol–water partition coefficient (Wildman–Crippen LogP) is 1.73. The predicted molar refractivity (Wildman–Crippen MR) is 69.0 cm³/mol. The SMILES string of the molecule is Cc1nnc2c(=O)[nH]n(-c3ccccc3)c2c1C. The molecule has 0 bridgehead atoms. The Morgan fingerprint density at radius 3 is 2.56 bits per heavy atom. The van der Waals surface area contributed by atoms with Gasteiger partial charge in [0, 0.05) is 5.56 Å². The second-order valence-corrected chi connectivity index (χ2v) is 4.22. The van der Waals surface area contributed by atoms with Crippen LogP contribution in [0.2, 0.25) is 0 Å². The summed E-state index contributed by atoms with van der Waals surface area (Å²) in [5.41, 5.74) is 3.64. The number of aromatic nitrogens is 4. The van der Waals surface area contributed by atoms with Crippen molar-refractivity contribution in [3.05, 3.63) is 51.9 Å². The summed E-state index contributed by atoms with van der Waals surface area (Å²) in [7, 11) is 0. The minimum Gasteiger partial charge on any atom is -0.265 e. The van der Waals surface area contributed by atoms with Crippen LogP contribution in [0.15, 0.2) is 35.1 Å². The van der Waals surface area contributed by atoms with Crippen molar-refractivity contribution in [2.45, 2.75) is 13.8 Å². The zero-order valence-corrected chi connectivity index (χ0v) is 10.1. The molecule has 0 saturated carbocycles. The first-order valence-corrected chi connectivity index (χ1v) is 5.68. The number of para-hydroxylation sites is 1. The molecule has 0 fully saturated rings. The van der Waals surface area contributed by atoms with Crippen molar-refractivity contribution >= 4 is 11.0 Å². The average molecular weight is 240 g/mol. The molecule has 2 aromatic heterocycles. The van der Waals surface area contributed by atoms with E-state index in [2.05, 4.69) is 15.3 Å². The van der Waals surface area contributed by atoms with Gasteiger partial charge in [0.1, 0.15) is 5.52 Å². The van der Waals surface area contributed by atoms with Crippen molar-refractivity contribution < 1.29 is 0 Å². The fourth-order valence-corrected chi connectivity index (χ4v) is 2.00. The van der Waals surface area contributed by atoms with Gasteiger partial charge in [-0.05, 0) is 26.0 Å². The van der Waals surface area contributed by atoms with Crippen LogP contribution < -0.4 is 5.56 Å². The van der Waals surface area contributed by atoms with E-state index in [-0.39, 0.29) is 5.56 Å². The average Bonchev–Trinajstić information content (AvgIpc) is 2.73. The van der Waals surface area contributed by atoms with E-state index in [1.807, 2.05) is 44.2 Å². The zero-order valence-electron chi connectivity index (χ0n) is 10.1. The molecule has 0 aliphatic heterocycles. The molecule has 1 aromatic carbocycles. The van der Waals surface area contributed by atoms with E-state index in [4.69, 9.17) is 0 Å². The molecule has 5 heteroatoms. The third kappa shape index (κ3) is 1.44. The first kappa shape index (κ1) is 10.7. The lowest BCUT2D eigenvalue weighted by molar-refractivity contribution is 0.886. The fraction of sp³-hybridized carbons (Fsp3) is 0.154. The number of benzene rings is 1.